The second-order valence-electron chi connectivity index (χ2n) is 8.83. The SMILES string of the molecule is CCCCCCCCCCCCCCC(O)CCCCC(C(=O)O)C1CN=CN1. The molecule has 0 aromatic heterocycles. The molecule has 0 fully saturated rings. The van der Waals surface area contributed by atoms with Crippen LogP contribution in [0.3, 0.4) is 0 Å². The molecule has 5 nitrogen and oxygen atoms in total. The Morgan fingerprint density at radius 3 is 1.86 bits per heavy atom. The maximum Gasteiger partial charge on any atom is 0.308 e. The lowest BCUT2D eigenvalue weighted by Crippen LogP contribution is -2.38. The Balaban J connectivity index is 1.88. The first-order valence-corrected chi connectivity index (χ1v) is 12.3. The number of carboxylic acid groups (broad SMARTS) is 1. The van der Waals surface area contributed by atoms with Gasteiger partial charge >= 0.3 is 5.97 Å². The molecule has 1 rings (SSSR count). The molecule has 5 heteroatoms. The molecule has 1 heterocycles. The zero-order chi connectivity index (χ0) is 21.2. The largest absolute Gasteiger partial charge is 0.481 e. The fraction of sp³-hybridized carbons (Fsp3) is 0.917. The van der Waals surface area contributed by atoms with Gasteiger partial charge in [0.15, 0.2) is 0 Å². The van der Waals surface area contributed by atoms with Gasteiger partial charge in [-0.2, -0.15) is 0 Å². The van der Waals surface area contributed by atoms with Crippen LogP contribution in [-0.4, -0.2) is 41.2 Å². The summed E-state index contributed by atoms with van der Waals surface area (Å²) in [5, 5.41) is 22.6. The van der Waals surface area contributed by atoms with Gasteiger partial charge < -0.3 is 15.5 Å². The van der Waals surface area contributed by atoms with E-state index in [1.165, 1.54) is 70.6 Å². The molecular weight excluding hydrogens is 364 g/mol. The first kappa shape index (κ1) is 25.9. The van der Waals surface area contributed by atoms with Crippen LogP contribution >= 0.6 is 0 Å². The number of rotatable bonds is 20. The smallest absolute Gasteiger partial charge is 0.308 e. The Kier molecular flexibility index (Phi) is 15.9. The van der Waals surface area contributed by atoms with E-state index in [9.17, 15) is 15.0 Å². The normalized spacial score (nSPS) is 17.9. The van der Waals surface area contributed by atoms with E-state index in [0.29, 0.717) is 13.0 Å². The van der Waals surface area contributed by atoms with Crippen molar-refractivity contribution in [2.24, 2.45) is 10.9 Å². The molecule has 3 N–H and O–H groups in total. The molecule has 0 aromatic carbocycles. The van der Waals surface area contributed by atoms with Crippen molar-refractivity contribution >= 4 is 12.3 Å². The highest BCUT2D eigenvalue weighted by Crippen LogP contribution is 2.19. The molecule has 0 saturated carbocycles. The summed E-state index contributed by atoms with van der Waals surface area (Å²) in [5.41, 5.74) is 0. The van der Waals surface area contributed by atoms with E-state index in [-0.39, 0.29) is 18.1 Å². The molecule has 0 radical (unpaired) electrons. The van der Waals surface area contributed by atoms with Crippen molar-refractivity contribution < 1.29 is 15.0 Å². The summed E-state index contributed by atoms with van der Waals surface area (Å²) in [7, 11) is 0. The Morgan fingerprint density at radius 2 is 1.38 bits per heavy atom. The molecule has 0 saturated heterocycles. The van der Waals surface area contributed by atoms with E-state index in [1.54, 1.807) is 6.34 Å². The van der Waals surface area contributed by atoms with Crippen LogP contribution in [0.4, 0.5) is 0 Å². The summed E-state index contributed by atoms with van der Waals surface area (Å²) in [6.45, 7) is 2.82. The molecule has 0 spiro atoms. The predicted molar refractivity (Wildman–Crippen MR) is 122 cm³/mol. The van der Waals surface area contributed by atoms with Crippen molar-refractivity contribution in [2.75, 3.05) is 6.54 Å². The van der Waals surface area contributed by atoms with Crippen molar-refractivity contribution in [1.29, 1.82) is 0 Å². The van der Waals surface area contributed by atoms with E-state index in [4.69, 9.17) is 0 Å². The number of carbonyl (C=O) groups is 1. The van der Waals surface area contributed by atoms with E-state index >= 15 is 0 Å². The van der Waals surface area contributed by atoms with E-state index in [2.05, 4.69) is 17.2 Å². The van der Waals surface area contributed by atoms with Crippen LogP contribution in [0.1, 0.15) is 116 Å². The van der Waals surface area contributed by atoms with Crippen LogP contribution in [0.2, 0.25) is 0 Å². The van der Waals surface area contributed by atoms with Gasteiger partial charge in [0.25, 0.3) is 0 Å². The van der Waals surface area contributed by atoms with Gasteiger partial charge in [-0.3, -0.25) is 9.79 Å². The number of aliphatic hydroxyl groups is 1. The van der Waals surface area contributed by atoms with Gasteiger partial charge in [0.1, 0.15) is 0 Å². The topological polar surface area (TPSA) is 81.9 Å². The summed E-state index contributed by atoms with van der Waals surface area (Å²) in [6.07, 6.45) is 21.5. The summed E-state index contributed by atoms with van der Waals surface area (Å²) < 4.78 is 0. The van der Waals surface area contributed by atoms with Crippen LogP contribution in [-0.2, 0) is 4.79 Å². The van der Waals surface area contributed by atoms with Gasteiger partial charge in [0.2, 0.25) is 0 Å². The van der Waals surface area contributed by atoms with Crippen molar-refractivity contribution in [3.05, 3.63) is 0 Å². The number of aliphatic hydroxyl groups excluding tert-OH is 1. The highest BCUT2D eigenvalue weighted by Gasteiger charge is 2.28. The van der Waals surface area contributed by atoms with Gasteiger partial charge in [-0.05, 0) is 19.3 Å². The second kappa shape index (κ2) is 17.7. The number of aliphatic imine (C=N–C) groups is 1. The van der Waals surface area contributed by atoms with Gasteiger partial charge in [0, 0.05) is 0 Å². The first-order valence-electron chi connectivity index (χ1n) is 12.3. The molecule has 1 aliphatic heterocycles. The molecule has 0 aromatic rings. The average Bonchev–Trinajstić information content (AvgIpc) is 3.22. The maximum absolute atomic E-state index is 11.4. The van der Waals surface area contributed by atoms with Crippen LogP contribution in [0, 0.1) is 5.92 Å². The van der Waals surface area contributed by atoms with Gasteiger partial charge in [0.05, 0.1) is 30.9 Å². The van der Waals surface area contributed by atoms with Crippen molar-refractivity contribution in [2.45, 2.75) is 128 Å². The summed E-state index contributed by atoms with van der Waals surface area (Å²) in [5.74, 6) is -1.13. The fourth-order valence-electron chi connectivity index (χ4n) is 4.22. The highest BCUT2D eigenvalue weighted by molar-refractivity contribution is 5.72. The number of aliphatic carboxylic acids is 1. The Labute approximate surface area is 178 Å². The molecule has 170 valence electrons. The maximum atomic E-state index is 11.4. The standard InChI is InChI=1S/C24H46N2O3/c1-2-3-4-5-6-7-8-9-10-11-12-13-16-21(27)17-14-15-18-22(24(28)29)23-19-25-20-26-23/h20-23,27H,2-19H2,1H3,(H,25,26)(H,28,29). The summed E-state index contributed by atoms with van der Waals surface area (Å²) in [4.78, 5) is 15.5. The summed E-state index contributed by atoms with van der Waals surface area (Å²) >= 11 is 0. The number of nitrogens with zero attached hydrogens (tertiary/aromatic N) is 1. The molecule has 0 aliphatic carbocycles. The van der Waals surface area contributed by atoms with E-state index < -0.39 is 5.97 Å². The molecule has 29 heavy (non-hydrogen) atoms. The minimum Gasteiger partial charge on any atom is -0.481 e. The highest BCUT2D eigenvalue weighted by atomic mass is 16.4. The molecule has 1 aliphatic rings. The quantitative estimate of drug-likeness (QED) is 0.225. The number of unbranched alkanes of at least 4 members (excludes halogenated alkanes) is 12. The number of nitrogens with one attached hydrogen (secondary N) is 1. The number of hydrogen-bond donors (Lipinski definition) is 3. The van der Waals surface area contributed by atoms with Gasteiger partial charge in [-0.1, -0.05) is 96.8 Å². The van der Waals surface area contributed by atoms with Crippen molar-refractivity contribution in [3.63, 3.8) is 0 Å². The number of hydrogen-bond acceptors (Lipinski definition) is 4. The minimum atomic E-state index is -0.745. The second-order valence-corrected chi connectivity index (χ2v) is 8.83. The third kappa shape index (κ3) is 13.7. The number of carboxylic acids is 1. The lowest BCUT2D eigenvalue weighted by molar-refractivity contribution is -0.142. The van der Waals surface area contributed by atoms with E-state index in [0.717, 1.165) is 32.1 Å². The third-order valence-electron chi connectivity index (χ3n) is 6.18. The molecule has 0 amide bonds. The van der Waals surface area contributed by atoms with Gasteiger partial charge in [-0.25, -0.2) is 0 Å². The van der Waals surface area contributed by atoms with Crippen LogP contribution in [0.15, 0.2) is 4.99 Å². The Morgan fingerprint density at radius 1 is 0.897 bits per heavy atom. The lowest BCUT2D eigenvalue weighted by atomic mass is 9.93. The zero-order valence-electron chi connectivity index (χ0n) is 18.8. The van der Waals surface area contributed by atoms with Crippen molar-refractivity contribution in [3.8, 4) is 0 Å². The zero-order valence-corrected chi connectivity index (χ0v) is 18.8. The molecular formula is C24H46N2O3. The molecule has 0 bridgehead atoms. The monoisotopic (exact) mass is 410 g/mol. The fourth-order valence-corrected chi connectivity index (χ4v) is 4.22. The third-order valence-corrected chi connectivity index (χ3v) is 6.18. The van der Waals surface area contributed by atoms with Gasteiger partial charge in [-0.15, -0.1) is 0 Å². The predicted octanol–water partition coefficient (Wildman–Crippen LogP) is 5.70. The molecule has 3 unspecified atom stereocenters. The van der Waals surface area contributed by atoms with Crippen molar-refractivity contribution in [1.82, 2.24) is 5.32 Å². The van der Waals surface area contributed by atoms with Crippen LogP contribution in [0.5, 0.6) is 0 Å². The first-order chi connectivity index (χ1) is 14.1. The minimum absolute atomic E-state index is 0.0709. The Bertz CT molecular complexity index is 420. The average molecular weight is 411 g/mol. The Hall–Kier alpha value is -1.10. The van der Waals surface area contributed by atoms with E-state index in [1.807, 2.05) is 0 Å². The summed E-state index contributed by atoms with van der Waals surface area (Å²) in [6, 6.07) is -0.0709. The molecule has 3 atom stereocenters. The van der Waals surface area contributed by atoms with Crippen LogP contribution < -0.4 is 5.32 Å². The lowest BCUT2D eigenvalue weighted by Gasteiger charge is -2.19. The van der Waals surface area contributed by atoms with Crippen LogP contribution in [0.25, 0.3) is 0 Å².